The fraction of sp³-hybridized carbons (Fsp3) is 0.800. The molecule has 0 aromatic heterocycles. The summed E-state index contributed by atoms with van der Waals surface area (Å²) in [5, 5.41) is 21.4. The highest BCUT2D eigenvalue weighted by Crippen LogP contribution is 2.45. The number of ether oxygens (including phenoxy) is 3. The highest BCUT2D eigenvalue weighted by atomic mass is 16.6. The van der Waals surface area contributed by atoms with Gasteiger partial charge in [-0.25, -0.2) is 0 Å². The minimum Gasteiger partial charge on any atom is -0.465 e. The first-order valence-corrected chi connectivity index (χ1v) is 18.8. The highest BCUT2D eigenvalue weighted by Gasteiger charge is 2.53. The Kier molecular flexibility index (Phi) is 19.2. The van der Waals surface area contributed by atoms with Crippen molar-refractivity contribution in [3.63, 3.8) is 0 Å². The summed E-state index contributed by atoms with van der Waals surface area (Å²) >= 11 is 0. The van der Waals surface area contributed by atoms with E-state index in [0.29, 0.717) is 25.7 Å². The minimum atomic E-state index is -1.01. The van der Waals surface area contributed by atoms with Gasteiger partial charge >= 0.3 is 11.9 Å². The van der Waals surface area contributed by atoms with E-state index < -0.39 is 11.2 Å². The van der Waals surface area contributed by atoms with Crippen molar-refractivity contribution in [2.45, 2.75) is 180 Å². The molecule has 7 nitrogen and oxygen atoms in total. The standard InChI is InChI=1S/C40H68O7/c1-7-8-9-10-11-12-13-14-15-16-17-18-19-20-21-24-37(42)46-29-33(23-22-26-39(4,5)43)34-25-27-40(6,44)38-36(47-38)28-31(2)35(34)30-45-32(3)41/h22-23,26,34-36,38,43-44H,2,7-21,24-25,27-30H2,1,3-6H3/b26-22+,33-23-/t34-,35+,36-,38-,40+/m1/s1. The molecule has 47 heavy (non-hydrogen) atoms. The Morgan fingerprint density at radius 2 is 1.51 bits per heavy atom. The molecular formula is C40H68O7. The summed E-state index contributed by atoms with van der Waals surface area (Å²) in [6.07, 6.45) is 26.1. The summed E-state index contributed by atoms with van der Waals surface area (Å²) in [6, 6.07) is 0. The molecular weight excluding hydrogens is 592 g/mol. The fourth-order valence-corrected chi connectivity index (χ4v) is 6.78. The molecule has 2 rings (SSSR count). The van der Waals surface area contributed by atoms with E-state index in [1.165, 1.54) is 84.0 Å². The largest absolute Gasteiger partial charge is 0.465 e. The molecule has 270 valence electrons. The Morgan fingerprint density at radius 3 is 2.04 bits per heavy atom. The second-order valence-corrected chi connectivity index (χ2v) is 15.0. The Morgan fingerprint density at radius 1 is 0.957 bits per heavy atom. The number of hydrogen-bond acceptors (Lipinski definition) is 7. The quantitative estimate of drug-likeness (QED) is 0.0370. The number of hydrogen-bond donors (Lipinski definition) is 2. The molecule has 0 radical (unpaired) electrons. The first-order valence-electron chi connectivity index (χ1n) is 18.8. The Labute approximate surface area is 286 Å². The molecule has 0 unspecified atom stereocenters. The summed E-state index contributed by atoms with van der Waals surface area (Å²) in [5.41, 5.74) is -0.269. The van der Waals surface area contributed by atoms with Crippen molar-refractivity contribution in [2.24, 2.45) is 11.8 Å². The van der Waals surface area contributed by atoms with Crippen LogP contribution < -0.4 is 0 Å². The number of carbonyl (C=O) groups excluding carboxylic acids is 2. The molecule has 1 saturated heterocycles. The zero-order valence-corrected chi connectivity index (χ0v) is 30.5. The van der Waals surface area contributed by atoms with Crippen molar-refractivity contribution < 1.29 is 34.0 Å². The molecule has 0 aromatic rings. The number of carbonyl (C=O) groups is 2. The van der Waals surface area contributed by atoms with Crippen molar-refractivity contribution in [1.82, 2.24) is 0 Å². The van der Waals surface area contributed by atoms with E-state index in [-0.39, 0.29) is 49.2 Å². The van der Waals surface area contributed by atoms with Gasteiger partial charge in [0.1, 0.15) is 12.7 Å². The van der Waals surface area contributed by atoms with Crippen molar-refractivity contribution in [2.75, 3.05) is 13.2 Å². The zero-order chi connectivity index (χ0) is 34.7. The second kappa shape index (κ2) is 21.9. The van der Waals surface area contributed by atoms with E-state index in [0.717, 1.165) is 30.4 Å². The van der Waals surface area contributed by atoms with Gasteiger partial charge in [-0.1, -0.05) is 127 Å². The first kappa shape index (κ1) is 41.2. The minimum absolute atomic E-state index is 0.0911. The van der Waals surface area contributed by atoms with E-state index in [2.05, 4.69) is 13.5 Å². The molecule has 2 N–H and O–H groups in total. The Balaban J connectivity index is 1.86. The van der Waals surface area contributed by atoms with Crippen LogP contribution >= 0.6 is 0 Å². The van der Waals surface area contributed by atoms with Crippen LogP contribution in [0.25, 0.3) is 0 Å². The maximum Gasteiger partial charge on any atom is 0.306 e. The molecule has 5 atom stereocenters. The molecule has 2 aliphatic rings. The number of allylic oxidation sites excluding steroid dienone is 2. The van der Waals surface area contributed by atoms with E-state index in [1.54, 1.807) is 32.9 Å². The van der Waals surface area contributed by atoms with Crippen LogP contribution in [0.2, 0.25) is 0 Å². The lowest BCUT2D eigenvalue weighted by atomic mass is 9.77. The second-order valence-electron chi connectivity index (χ2n) is 15.0. The lowest BCUT2D eigenvalue weighted by molar-refractivity contribution is -0.143. The van der Waals surface area contributed by atoms with Gasteiger partial charge in [-0.05, 0) is 57.9 Å². The predicted molar refractivity (Wildman–Crippen MR) is 190 cm³/mol. The number of epoxide rings is 1. The van der Waals surface area contributed by atoms with Crippen molar-refractivity contribution >= 4 is 11.9 Å². The molecule has 1 saturated carbocycles. The van der Waals surface area contributed by atoms with Crippen LogP contribution in [0.1, 0.15) is 157 Å². The van der Waals surface area contributed by atoms with Gasteiger partial charge in [-0.3, -0.25) is 9.59 Å². The van der Waals surface area contributed by atoms with Gasteiger partial charge < -0.3 is 24.4 Å². The molecule has 2 fully saturated rings. The first-order chi connectivity index (χ1) is 22.3. The van der Waals surface area contributed by atoms with E-state index >= 15 is 0 Å². The average molecular weight is 661 g/mol. The topological polar surface area (TPSA) is 106 Å². The maximum atomic E-state index is 12.8. The number of esters is 2. The van der Waals surface area contributed by atoms with Crippen LogP contribution in [-0.4, -0.2) is 58.8 Å². The highest BCUT2D eigenvalue weighted by molar-refractivity contribution is 5.69. The van der Waals surface area contributed by atoms with Gasteiger partial charge in [0.15, 0.2) is 0 Å². The van der Waals surface area contributed by atoms with E-state index in [9.17, 15) is 19.8 Å². The van der Waals surface area contributed by atoms with Gasteiger partial charge in [0.05, 0.1) is 23.9 Å². The van der Waals surface area contributed by atoms with E-state index in [1.807, 2.05) is 6.08 Å². The predicted octanol–water partition coefficient (Wildman–Crippen LogP) is 9.10. The SMILES string of the molecule is C=C1C[C@H]2O[C@H]2[C@@](C)(O)CC[C@H](/C(=C\C=C\C(C)(C)O)COC(=O)CCCCCCCCCCCCCCCCC)[C@H]1COC(C)=O. The molecule has 1 aliphatic heterocycles. The monoisotopic (exact) mass is 660 g/mol. The van der Waals surface area contributed by atoms with Gasteiger partial charge in [-0.2, -0.15) is 0 Å². The summed E-state index contributed by atoms with van der Waals surface area (Å²) in [7, 11) is 0. The van der Waals surface area contributed by atoms with Crippen LogP contribution in [0.3, 0.4) is 0 Å². The lowest BCUT2D eigenvalue weighted by Gasteiger charge is -2.32. The van der Waals surface area contributed by atoms with Gasteiger partial charge in [0, 0.05) is 19.3 Å². The maximum absolute atomic E-state index is 12.8. The number of aliphatic hydroxyl groups is 2. The van der Waals surface area contributed by atoms with E-state index in [4.69, 9.17) is 14.2 Å². The van der Waals surface area contributed by atoms with Crippen LogP contribution in [0.5, 0.6) is 0 Å². The Hall–Kier alpha value is -1.96. The van der Waals surface area contributed by atoms with Gasteiger partial charge in [-0.15, -0.1) is 0 Å². The van der Waals surface area contributed by atoms with Gasteiger partial charge in [0.25, 0.3) is 0 Å². The molecule has 0 aromatic carbocycles. The Bertz CT molecular complexity index is 989. The van der Waals surface area contributed by atoms with Crippen LogP contribution in [0.4, 0.5) is 0 Å². The summed E-state index contributed by atoms with van der Waals surface area (Å²) in [5.74, 6) is -1.01. The average Bonchev–Trinajstić information content (AvgIpc) is 3.77. The summed E-state index contributed by atoms with van der Waals surface area (Å²) in [6.45, 7) is 13.4. The normalized spacial score (nSPS) is 25.2. The van der Waals surface area contributed by atoms with Crippen LogP contribution in [-0.2, 0) is 23.8 Å². The number of fused-ring (bicyclic) bond motifs is 1. The van der Waals surface area contributed by atoms with Crippen molar-refractivity contribution in [3.05, 3.63) is 36.0 Å². The third-order valence-corrected chi connectivity index (χ3v) is 9.77. The molecule has 1 heterocycles. The van der Waals surface area contributed by atoms with Crippen LogP contribution in [0, 0.1) is 11.8 Å². The zero-order valence-electron chi connectivity index (χ0n) is 30.5. The molecule has 7 heteroatoms. The lowest BCUT2D eigenvalue weighted by Crippen LogP contribution is -2.34. The number of rotatable bonds is 23. The van der Waals surface area contributed by atoms with Gasteiger partial charge in [0.2, 0.25) is 0 Å². The fourth-order valence-electron chi connectivity index (χ4n) is 6.78. The number of unbranched alkanes of at least 4 members (excludes halogenated alkanes) is 14. The van der Waals surface area contributed by atoms with Crippen molar-refractivity contribution in [1.29, 1.82) is 0 Å². The third-order valence-electron chi connectivity index (χ3n) is 9.77. The summed E-state index contributed by atoms with van der Waals surface area (Å²) < 4.78 is 17.1. The molecule has 1 aliphatic carbocycles. The third kappa shape index (κ3) is 17.8. The van der Waals surface area contributed by atoms with Crippen LogP contribution in [0.15, 0.2) is 36.0 Å². The molecule has 0 bridgehead atoms. The molecule has 0 amide bonds. The molecule has 0 spiro atoms. The summed E-state index contributed by atoms with van der Waals surface area (Å²) in [4.78, 5) is 24.6. The smallest absolute Gasteiger partial charge is 0.306 e. The van der Waals surface area contributed by atoms with Crippen molar-refractivity contribution in [3.8, 4) is 0 Å².